The van der Waals surface area contributed by atoms with Gasteiger partial charge in [0.1, 0.15) is 5.82 Å². The molecule has 0 aromatic carbocycles. The van der Waals surface area contributed by atoms with Gasteiger partial charge in [0.05, 0.1) is 34.8 Å². The lowest BCUT2D eigenvalue weighted by Crippen LogP contribution is -2.18. The zero-order valence-electron chi connectivity index (χ0n) is 20.9. The Kier molecular flexibility index (Phi) is 7.02. The highest BCUT2D eigenvalue weighted by Gasteiger charge is 2.22. The molecule has 4 aromatic heterocycles. The van der Waals surface area contributed by atoms with E-state index in [0.29, 0.717) is 28.5 Å². The number of nitrogens with zero attached hydrogens (tertiary/aromatic N) is 5. The number of amides is 2. The number of hydrogen-bond acceptors (Lipinski definition) is 7. The number of rotatable bonds is 6. The van der Waals surface area contributed by atoms with E-state index in [-0.39, 0.29) is 11.8 Å². The molecule has 4 aromatic rings. The monoisotopic (exact) mass is 491 g/mol. The summed E-state index contributed by atoms with van der Waals surface area (Å²) in [5, 5.41) is 15.0. The molecule has 0 atom stereocenters. The van der Waals surface area contributed by atoms with Crippen LogP contribution in [0.4, 0.5) is 11.5 Å². The van der Waals surface area contributed by atoms with Crippen molar-refractivity contribution >= 4 is 23.3 Å². The fourth-order valence-corrected chi connectivity index (χ4v) is 3.66. The normalized spacial score (nSPS) is 10.9. The maximum absolute atomic E-state index is 13.0. The van der Waals surface area contributed by atoms with Crippen LogP contribution in [0.1, 0.15) is 42.5 Å². The lowest BCUT2D eigenvalue weighted by molar-refractivity contribution is -0.114. The van der Waals surface area contributed by atoms with E-state index in [2.05, 4.69) is 36.6 Å². The molecule has 0 saturated heterocycles. The highest BCUT2D eigenvalue weighted by Crippen LogP contribution is 2.29. The van der Waals surface area contributed by atoms with E-state index in [1.807, 2.05) is 31.2 Å². The Bertz CT molecular complexity index is 1540. The summed E-state index contributed by atoms with van der Waals surface area (Å²) in [5.41, 5.74) is 4.61. The minimum absolute atomic E-state index is 0.205. The van der Waals surface area contributed by atoms with Crippen LogP contribution in [0.3, 0.4) is 0 Å². The van der Waals surface area contributed by atoms with E-state index in [1.165, 1.54) is 13.1 Å². The third-order valence-corrected chi connectivity index (χ3v) is 5.72. The molecular weight excluding hydrogens is 466 g/mol. The van der Waals surface area contributed by atoms with Crippen molar-refractivity contribution in [2.75, 3.05) is 10.6 Å². The van der Waals surface area contributed by atoms with Crippen LogP contribution >= 0.6 is 0 Å². The van der Waals surface area contributed by atoms with Gasteiger partial charge in [-0.25, -0.2) is 4.98 Å². The lowest BCUT2D eigenvalue weighted by Gasteiger charge is -2.15. The molecule has 0 radical (unpaired) electrons. The summed E-state index contributed by atoms with van der Waals surface area (Å²) in [6.45, 7) is 6.82. The Labute approximate surface area is 214 Å². The van der Waals surface area contributed by atoms with E-state index in [4.69, 9.17) is 0 Å². The summed E-state index contributed by atoms with van der Waals surface area (Å²) in [6.07, 6.45) is 6.43. The average Bonchev–Trinajstić information content (AvgIpc) is 2.89. The molecule has 0 aliphatic rings. The average molecular weight is 492 g/mol. The first kappa shape index (κ1) is 25.1. The number of hydrogen-bond donors (Lipinski definition) is 2. The molecule has 0 aliphatic carbocycles. The van der Waals surface area contributed by atoms with Gasteiger partial charge in [0, 0.05) is 47.9 Å². The maximum atomic E-state index is 13.0. The quantitative estimate of drug-likeness (QED) is 0.391. The first-order valence-corrected chi connectivity index (χ1v) is 11.5. The van der Waals surface area contributed by atoms with Gasteiger partial charge in [0.15, 0.2) is 0 Å². The summed E-state index contributed by atoms with van der Waals surface area (Å²) in [7, 11) is 0. The molecule has 0 saturated carbocycles. The van der Waals surface area contributed by atoms with Crippen molar-refractivity contribution in [1.29, 1.82) is 5.26 Å². The molecular formula is C28H25N7O2. The fraction of sp³-hybridized carbons (Fsp3) is 0.179. The van der Waals surface area contributed by atoms with E-state index < -0.39 is 5.41 Å². The highest BCUT2D eigenvalue weighted by molar-refractivity contribution is 6.04. The van der Waals surface area contributed by atoms with Crippen LogP contribution in [0.25, 0.3) is 22.4 Å². The summed E-state index contributed by atoms with van der Waals surface area (Å²) in [4.78, 5) is 41.7. The molecule has 37 heavy (non-hydrogen) atoms. The molecule has 0 fully saturated rings. The zero-order chi connectivity index (χ0) is 26.6. The van der Waals surface area contributed by atoms with E-state index in [9.17, 15) is 14.9 Å². The smallest absolute Gasteiger partial charge is 0.255 e. The zero-order valence-corrected chi connectivity index (χ0v) is 20.9. The summed E-state index contributed by atoms with van der Waals surface area (Å²) in [6, 6.07) is 14.6. The van der Waals surface area contributed by atoms with Gasteiger partial charge in [-0.2, -0.15) is 5.26 Å². The summed E-state index contributed by atoms with van der Waals surface area (Å²) in [5.74, 6) is -0.0902. The highest BCUT2D eigenvalue weighted by atomic mass is 16.2. The van der Waals surface area contributed by atoms with Crippen molar-refractivity contribution in [3.05, 3.63) is 84.2 Å². The van der Waals surface area contributed by atoms with Gasteiger partial charge in [0.25, 0.3) is 5.91 Å². The van der Waals surface area contributed by atoms with Gasteiger partial charge in [-0.1, -0.05) is 0 Å². The van der Waals surface area contributed by atoms with Crippen LogP contribution < -0.4 is 10.6 Å². The van der Waals surface area contributed by atoms with Crippen molar-refractivity contribution in [3.63, 3.8) is 0 Å². The van der Waals surface area contributed by atoms with Gasteiger partial charge < -0.3 is 10.6 Å². The number of aryl methyl sites for hydroxylation is 1. The van der Waals surface area contributed by atoms with Crippen LogP contribution in [-0.2, 0) is 10.2 Å². The second kappa shape index (κ2) is 10.3. The second-order valence-electron chi connectivity index (χ2n) is 9.02. The number of nitriles is 1. The number of aromatic nitrogens is 4. The molecule has 0 unspecified atom stereocenters. The topological polar surface area (TPSA) is 134 Å². The largest absolute Gasteiger partial charge is 0.321 e. The first-order chi connectivity index (χ1) is 17.7. The van der Waals surface area contributed by atoms with Crippen molar-refractivity contribution < 1.29 is 9.59 Å². The third-order valence-electron chi connectivity index (χ3n) is 5.72. The molecule has 0 spiro atoms. The van der Waals surface area contributed by atoms with Crippen LogP contribution in [0.5, 0.6) is 0 Å². The van der Waals surface area contributed by atoms with Gasteiger partial charge in [-0.05, 0) is 68.8 Å². The Morgan fingerprint density at radius 3 is 2.38 bits per heavy atom. The second-order valence-corrected chi connectivity index (χ2v) is 9.02. The predicted molar refractivity (Wildman–Crippen MR) is 141 cm³/mol. The SMILES string of the molecule is CC(=O)Nc1cc(-c2cc(-c3cc(NC(=O)c4ccnc(C(C)(C)C#N)c4)cnc3C)ccn2)ccn1. The molecule has 184 valence electrons. The van der Waals surface area contributed by atoms with E-state index in [0.717, 1.165) is 22.4 Å². The van der Waals surface area contributed by atoms with E-state index >= 15 is 0 Å². The van der Waals surface area contributed by atoms with Gasteiger partial charge in [0.2, 0.25) is 5.91 Å². The minimum Gasteiger partial charge on any atom is -0.321 e. The standard InChI is InChI=1S/C28H25N7O2/c1-17-23(19-5-8-30-24(11-19)20-6-10-32-26(13-20)34-18(2)36)14-22(15-33-17)35-27(37)21-7-9-31-25(12-21)28(3,4)16-29/h5-15H,1-4H3,(H,35,37)(H,32,34,36). The molecule has 9 heteroatoms. The van der Waals surface area contributed by atoms with Crippen molar-refractivity contribution in [3.8, 4) is 28.5 Å². The van der Waals surface area contributed by atoms with Crippen LogP contribution in [0, 0.1) is 18.3 Å². The summed E-state index contributed by atoms with van der Waals surface area (Å²) >= 11 is 0. The van der Waals surface area contributed by atoms with Gasteiger partial charge in [-0.15, -0.1) is 0 Å². The van der Waals surface area contributed by atoms with Gasteiger partial charge >= 0.3 is 0 Å². The minimum atomic E-state index is -0.814. The first-order valence-electron chi connectivity index (χ1n) is 11.5. The van der Waals surface area contributed by atoms with Crippen LogP contribution in [-0.4, -0.2) is 31.8 Å². The Hall–Kier alpha value is -4.97. The molecule has 4 rings (SSSR count). The van der Waals surface area contributed by atoms with Crippen molar-refractivity contribution in [2.24, 2.45) is 0 Å². The Morgan fingerprint density at radius 1 is 0.892 bits per heavy atom. The molecule has 9 nitrogen and oxygen atoms in total. The maximum Gasteiger partial charge on any atom is 0.255 e. The number of anilines is 2. The number of nitrogens with one attached hydrogen (secondary N) is 2. The van der Waals surface area contributed by atoms with Gasteiger partial charge in [-0.3, -0.25) is 24.5 Å². The van der Waals surface area contributed by atoms with Crippen LogP contribution in [0.2, 0.25) is 0 Å². The molecule has 0 aliphatic heterocycles. The number of carbonyl (C=O) groups is 2. The lowest BCUT2D eigenvalue weighted by atomic mass is 9.90. The van der Waals surface area contributed by atoms with Crippen molar-refractivity contribution in [1.82, 2.24) is 19.9 Å². The Morgan fingerprint density at radius 2 is 1.62 bits per heavy atom. The number of pyridine rings is 4. The Balaban J connectivity index is 1.61. The van der Waals surface area contributed by atoms with Crippen LogP contribution in [0.15, 0.2) is 67.3 Å². The van der Waals surface area contributed by atoms with Crippen molar-refractivity contribution in [2.45, 2.75) is 33.1 Å². The molecule has 0 bridgehead atoms. The number of carbonyl (C=O) groups excluding carboxylic acids is 2. The fourth-order valence-electron chi connectivity index (χ4n) is 3.66. The molecule has 2 N–H and O–H groups in total. The molecule has 4 heterocycles. The molecule has 2 amide bonds. The van der Waals surface area contributed by atoms with E-state index in [1.54, 1.807) is 50.6 Å². The third kappa shape index (κ3) is 5.82. The predicted octanol–water partition coefficient (Wildman–Crippen LogP) is 4.92. The summed E-state index contributed by atoms with van der Waals surface area (Å²) < 4.78 is 0.